The van der Waals surface area contributed by atoms with Gasteiger partial charge in [0.25, 0.3) is 0 Å². The Morgan fingerprint density at radius 3 is 3.18 bits per heavy atom. The van der Waals surface area contributed by atoms with Gasteiger partial charge in [0.15, 0.2) is 5.82 Å². The Hall–Kier alpha value is -1.67. The van der Waals surface area contributed by atoms with E-state index in [1.165, 1.54) is 19.0 Å². The van der Waals surface area contributed by atoms with E-state index in [4.69, 9.17) is 10.00 Å². The van der Waals surface area contributed by atoms with Gasteiger partial charge in [-0.2, -0.15) is 10.4 Å². The summed E-state index contributed by atoms with van der Waals surface area (Å²) < 4.78 is 5.51. The van der Waals surface area contributed by atoms with Crippen LogP contribution in [0.25, 0.3) is 0 Å². The van der Waals surface area contributed by atoms with Crippen molar-refractivity contribution in [3.05, 3.63) is 17.8 Å². The molecular formula is C12H16N4O. The molecule has 0 spiro atoms. The van der Waals surface area contributed by atoms with Crippen molar-refractivity contribution in [1.82, 2.24) is 10.2 Å². The lowest BCUT2D eigenvalue weighted by molar-refractivity contribution is 0.124. The van der Waals surface area contributed by atoms with Crippen LogP contribution < -0.4 is 5.32 Å². The van der Waals surface area contributed by atoms with Crippen molar-refractivity contribution < 1.29 is 4.74 Å². The maximum atomic E-state index is 8.84. The average molecular weight is 232 g/mol. The molecule has 17 heavy (non-hydrogen) atoms. The SMILES string of the molecule is N#Cc1ccnnc1NCCCOCC1CC1. The van der Waals surface area contributed by atoms with Gasteiger partial charge in [0.2, 0.25) is 0 Å². The van der Waals surface area contributed by atoms with Crippen molar-refractivity contribution >= 4 is 5.82 Å². The largest absolute Gasteiger partial charge is 0.381 e. The highest BCUT2D eigenvalue weighted by Gasteiger charge is 2.20. The smallest absolute Gasteiger partial charge is 0.166 e. The van der Waals surface area contributed by atoms with Crippen molar-refractivity contribution in [3.63, 3.8) is 0 Å². The second-order valence-corrected chi connectivity index (χ2v) is 4.20. The number of aromatic nitrogens is 2. The predicted octanol–water partition coefficient (Wildman–Crippen LogP) is 1.58. The van der Waals surface area contributed by atoms with Crippen molar-refractivity contribution in [3.8, 4) is 6.07 Å². The standard InChI is InChI=1S/C12H16N4O/c13-8-11-4-6-15-16-12(11)14-5-1-7-17-9-10-2-3-10/h4,6,10H,1-3,5,7,9H2,(H,14,16). The first-order valence-corrected chi connectivity index (χ1v) is 5.93. The summed E-state index contributed by atoms with van der Waals surface area (Å²) in [6.07, 6.45) is 5.07. The maximum Gasteiger partial charge on any atom is 0.166 e. The molecule has 0 aliphatic heterocycles. The Bertz CT molecular complexity index is 398. The first kappa shape index (κ1) is 11.8. The van der Waals surface area contributed by atoms with Gasteiger partial charge in [-0.25, -0.2) is 0 Å². The Morgan fingerprint density at radius 2 is 2.41 bits per heavy atom. The van der Waals surface area contributed by atoms with Gasteiger partial charge in [-0.05, 0) is 31.2 Å². The van der Waals surface area contributed by atoms with Crippen LogP contribution in [0.2, 0.25) is 0 Å². The number of anilines is 1. The van der Waals surface area contributed by atoms with Crippen molar-refractivity contribution in [2.75, 3.05) is 25.1 Å². The topological polar surface area (TPSA) is 70.8 Å². The second kappa shape index (κ2) is 6.16. The van der Waals surface area contributed by atoms with Crippen LogP contribution in [0.4, 0.5) is 5.82 Å². The van der Waals surface area contributed by atoms with Gasteiger partial charge < -0.3 is 10.1 Å². The molecule has 0 atom stereocenters. The van der Waals surface area contributed by atoms with Gasteiger partial charge in [-0.15, -0.1) is 5.10 Å². The van der Waals surface area contributed by atoms with Crippen molar-refractivity contribution in [1.29, 1.82) is 5.26 Å². The lowest BCUT2D eigenvalue weighted by Gasteiger charge is -2.06. The van der Waals surface area contributed by atoms with E-state index in [1.54, 1.807) is 6.07 Å². The Morgan fingerprint density at radius 1 is 1.53 bits per heavy atom. The fraction of sp³-hybridized carbons (Fsp3) is 0.583. The molecule has 0 aromatic carbocycles. The minimum absolute atomic E-state index is 0.527. The lowest BCUT2D eigenvalue weighted by Crippen LogP contribution is -2.09. The normalized spacial score (nSPS) is 14.3. The fourth-order valence-corrected chi connectivity index (χ4v) is 1.47. The average Bonchev–Trinajstić information content (AvgIpc) is 3.18. The van der Waals surface area contributed by atoms with Crippen LogP contribution in [-0.4, -0.2) is 30.0 Å². The number of rotatable bonds is 7. The monoisotopic (exact) mass is 232 g/mol. The summed E-state index contributed by atoms with van der Waals surface area (Å²) in [5.74, 6) is 1.37. The van der Waals surface area contributed by atoms with Crippen molar-refractivity contribution in [2.45, 2.75) is 19.3 Å². The second-order valence-electron chi connectivity index (χ2n) is 4.20. The van der Waals surface area contributed by atoms with Crippen LogP contribution in [0.1, 0.15) is 24.8 Å². The van der Waals surface area contributed by atoms with Crippen LogP contribution >= 0.6 is 0 Å². The molecule has 0 radical (unpaired) electrons. The van der Waals surface area contributed by atoms with Gasteiger partial charge in [-0.1, -0.05) is 0 Å². The fourth-order valence-electron chi connectivity index (χ4n) is 1.47. The summed E-state index contributed by atoms with van der Waals surface area (Å²) in [6, 6.07) is 3.73. The van der Waals surface area contributed by atoms with E-state index in [2.05, 4.69) is 21.6 Å². The van der Waals surface area contributed by atoms with Gasteiger partial charge in [-0.3, -0.25) is 0 Å². The molecule has 1 aromatic heterocycles. The van der Waals surface area contributed by atoms with Gasteiger partial charge in [0.05, 0.1) is 11.8 Å². The van der Waals surface area contributed by atoms with Crippen LogP contribution in [0, 0.1) is 17.2 Å². The number of nitrogens with zero attached hydrogens (tertiary/aromatic N) is 3. The molecule has 5 heteroatoms. The van der Waals surface area contributed by atoms with Crippen LogP contribution in [-0.2, 0) is 4.74 Å². The summed E-state index contributed by atoms with van der Waals surface area (Å²) in [5.41, 5.74) is 0.527. The Kier molecular flexibility index (Phi) is 4.28. The molecule has 1 saturated carbocycles. The highest BCUT2D eigenvalue weighted by atomic mass is 16.5. The van der Waals surface area contributed by atoms with E-state index in [1.807, 2.05) is 0 Å². The third-order valence-electron chi connectivity index (χ3n) is 2.65. The molecule has 1 fully saturated rings. The highest BCUT2D eigenvalue weighted by molar-refractivity contribution is 5.49. The summed E-state index contributed by atoms with van der Waals surface area (Å²) in [7, 11) is 0. The molecule has 1 aliphatic carbocycles. The van der Waals surface area contributed by atoms with Crippen molar-refractivity contribution in [2.24, 2.45) is 5.92 Å². The van der Waals surface area contributed by atoms with Gasteiger partial charge in [0.1, 0.15) is 6.07 Å². The van der Waals surface area contributed by atoms with E-state index in [0.29, 0.717) is 11.4 Å². The maximum absolute atomic E-state index is 8.84. The predicted molar refractivity (Wildman–Crippen MR) is 63.4 cm³/mol. The molecule has 1 heterocycles. The molecular weight excluding hydrogens is 216 g/mol. The van der Waals surface area contributed by atoms with E-state index < -0.39 is 0 Å². The third kappa shape index (κ3) is 4.00. The summed E-state index contributed by atoms with van der Waals surface area (Å²) in [5, 5.41) is 19.6. The molecule has 1 N–H and O–H groups in total. The number of ether oxygens (including phenoxy) is 1. The first-order valence-electron chi connectivity index (χ1n) is 5.93. The number of nitriles is 1. The molecule has 1 aliphatic rings. The number of nitrogens with one attached hydrogen (secondary N) is 1. The zero-order valence-corrected chi connectivity index (χ0v) is 9.72. The lowest BCUT2D eigenvalue weighted by atomic mass is 10.3. The van der Waals surface area contributed by atoms with Crippen LogP contribution in [0.15, 0.2) is 12.3 Å². The Balaban J connectivity index is 1.61. The summed E-state index contributed by atoms with van der Waals surface area (Å²) >= 11 is 0. The molecule has 0 saturated heterocycles. The van der Waals surface area contributed by atoms with Gasteiger partial charge in [0, 0.05) is 19.8 Å². The zero-order chi connectivity index (χ0) is 11.9. The van der Waals surface area contributed by atoms with Crippen LogP contribution in [0.3, 0.4) is 0 Å². The highest BCUT2D eigenvalue weighted by Crippen LogP contribution is 2.28. The number of hydrogen-bond donors (Lipinski definition) is 1. The van der Waals surface area contributed by atoms with E-state index in [0.717, 1.165) is 32.1 Å². The molecule has 5 nitrogen and oxygen atoms in total. The minimum atomic E-state index is 0.527. The molecule has 0 amide bonds. The van der Waals surface area contributed by atoms with Gasteiger partial charge >= 0.3 is 0 Å². The Labute approximate surface area is 101 Å². The zero-order valence-electron chi connectivity index (χ0n) is 9.72. The third-order valence-corrected chi connectivity index (χ3v) is 2.65. The molecule has 0 bridgehead atoms. The molecule has 90 valence electrons. The van der Waals surface area contributed by atoms with E-state index >= 15 is 0 Å². The molecule has 1 aromatic rings. The van der Waals surface area contributed by atoms with E-state index in [-0.39, 0.29) is 0 Å². The van der Waals surface area contributed by atoms with E-state index in [9.17, 15) is 0 Å². The van der Waals surface area contributed by atoms with Crippen LogP contribution in [0.5, 0.6) is 0 Å². The quantitative estimate of drug-likeness (QED) is 0.723. The summed E-state index contributed by atoms with van der Waals surface area (Å²) in [4.78, 5) is 0. The number of hydrogen-bond acceptors (Lipinski definition) is 5. The summed E-state index contributed by atoms with van der Waals surface area (Å²) in [6.45, 7) is 2.40. The first-order chi connectivity index (χ1) is 8.40. The minimum Gasteiger partial charge on any atom is -0.381 e. The molecule has 0 unspecified atom stereocenters. The molecule has 2 rings (SSSR count).